The number of para-hydroxylation sites is 1. The lowest BCUT2D eigenvalue weighted by molar-refractivity contribution is -0.122. The maximum Gasteiger partial charge on any atom is 0.236 e. The van der Waals surface area contributed by atoms with Gasteiger partial charge in [0.15, 0.2) is 0 Å². The van der Waals surface area contributed by atoms with Crippen LogP contribution in [0.15, 0.2) is 30.3 Å². The van der Waals surface area contributed by atoms with Gasteiger partial charge in [-0.3, -0.25) is 4.79 Å². The summed E-state index contributed by atoms with van der Waals surface area (Å²) in [5.74, 6) is -0.156. The zero-order valence-corrected chi connectivity index (χ0v) is 12.1. The van der Waals surface area contributed by atoms with Gasteiger partial charge in [-0.05, 0) is 32.9 Å². The lowest BCUT2D eigenvalue weighted by Gasteiger charge is -2.08. The first-order chi connectivity index (χ1) is 9.50. The van der Waals surface area contributed by atoms with Gasteiger partial charge in [0.1, 0.15) is 0 Å². The fourth-order valence-electron chi connectivity index (χ4n) is 2.09. The summed E-state index contributed by atoms with van der Waals surface area (Å²) in [5.41, 5.74) is 9.52. The molecule has 1 aromatic carbocycles. The van der Waals surface area contributed by atoms with Crippen LogP contribution in [-0.4, -0.2) is 21.7 Å². The second-order valence-electron chi connectivity index (χ2n) is 4.90. The maximum atomic E-state index is 11.6. The zero-order valence-electron chi connectivity index (χ0n) is 12.1. The molecular formula is C15H20N4O. The highest BCUT2D eigenvalue weighted by Crippen LogP contribution is 2.17. The summed E-state index contributed by atoms with van der Waals surface area (Å²) in [6.07, 6.45) is 0. The van der Waals surface area contributed by atoms with Gasteiger partial charge >= 0.3 is 0 Å². The summed E-state index contributed by atoms with van der Waals surface area (Å²) in [6.45, 7) is 6.06. The van der Waals surface area contributed by atoms with Crippen molar-refractivity contribution in [2.75, 3.05) is 0 Å². The molecule has 1 atom stereocenters. The van der Waals surface area contributed by atoms with Crippen molar-refractivity contribution in [3.8, 4) is 5.69 Å². The Labute approximate surface area is 118 Å². The minimum absolute atomic E-state index is 0.156. The topological polar surface area (TPSA) is 72.9 Å². The van der Waals surface area contributed by atoms with Crippen LogP contribution >= 0.6 is 0 Å². The summed E-state index contributed by atoms with van der Waals surface area (Å²) >= 11 is 0. The Hall–Kier alpha value is -2.14. The highest BCUT2D eigenvalue weighted by Gasteiger charge is 2.14. The summed E-state index contributed by atoms with van der Waals surface area (Å²) in [4.78, 5) is 11.6. The van der Waals surface area contributed by atoms with Crippen molar-refractivity contribution in [3.05, 3.63) is 47.3 Å². The molecule has 2 rings (SSSR count). The van der Waals surface area contributed by atoms with Crippen LogP contribution in [-0.2, 0) is 11.3 Å². The molecule has 0 aliphatic carbocycles. The summed E-state index contributed by atoms with van der Waals surface area (Å²) in [7, 11) is 0. The largest absolute Gasteiger partial charge is 0.351 e. The predicted molar refractivity (Wildman–Crippen MR) is 78.5 cm³/mol. The molecular weight excluding hydrogens is 252 g/mol. The number of amides is 1. The van der Waals surface area contributed by atoms with E-state index in [1.807, 2.05) is 48.9 Å². The van der Waals surface area contributed by atoms with Crippen molar-refractivity contribution < 1.29 is 4.79 Å². The number of nitrogens with zero attached hydrogens (tertiary/aromatic N) is 2. The van der Waals surface area contributed by atoms with Crippen molar-refractivity contribution in [2.45, 2.75) is 33.4 Å². The van der Waals surface area contributed by atoms with E-state index in [0.717, 1.165) is 22.6 Å². The Morgan fingerprint density at radius 1 is 1.35 bits per heavy atom. The number of aryl methyl sites for hydroxylation is 1. The van der Waals surface area contributed by atoms with Gasteiger partial charge in [0.25, 0.3) is 0 Å². The van der Waals surface area contributed by atoms with E-state index in [-0.39, 0.29) is 5.91 Å². The fraction of sp³-hybridized carbons (Fsp3) is 0.333. The van der Waals surface area contributed by atoms with Crippen LogP contribution in [0.1, 0.15) is 23.9 Å². The standard InChI is InChI=1S/C15H20N4O/c1-10(16)15(20)17-9-14-11(2)18-19(12(14)3)13-7-5-4-6-8-13/h4-8,10H,9,16H2,1-3H3,(H,17,20)/t10-/m0/s1. The fourth-order valence-corrected chi connectivity index (χ4v) is 2.09. The lowest BCUT2D eigenvalue weighted by atomic mass is 10.2. The molecule has 0 saturated carbocycles. The van der Waals surface area contributed by atoms with Gasteiger partial charge in [-0.1, -0.05) is 18.2 Å². The quantitative estimate of drug-likeness (QED) is 0.885. The van der Waals surface area contributed by atoms with E-state index >= 15 is 0 Å². The first-order valence-electron chi connectivity index (χ1n) is 6.64. The molecule has 0 bridgehead atoms. The minimum Gasteiger partial charge on any atom is -0.351 e. The van der Waals surface area contributed by atoms with Gasteiger partial charge in [-0.25, -0.2) is 4.68 Å². The molecule has 106 valence electrons. The third-order valence-electron chi connectivity index (χ3n) is 3.29. The summed E-state index contributed by atoms with van der Waals surface area (Å²) in [6, 6.07) is 9.43. The minimum atomic E-state index is -0.500. The van der Waals surface area contributed by atoms with Crippen LogP contribution in [0, 0.1) is 13.8 Å². The van der Waals surface area contributed by atoms with Gasteiger partial charge in [0, 0.05) is 17.8 Å². The number of nitrogens with one attached hydrogen (secondary N) is 1. The Kier molecular flexibility index (Phi) is 4.20. The molecule has 2 aromatic rings. The van der Waals surface area contributed by atoms with Gasteiger partial charge in [-0.15, -0.1) is 0 Å². The van der Waals surface area contributed by atoms with Crippen LogP contribution in [0.4, 0.5) is 0 Å². The van der Waals surface area contributed by atoms with Crippen LogP contribution in [0.3, 0.4) is 0 Å². The molecule has 0 radical (unpaired) electrons. The molecule has 1 amide bonds. The maximum absolute atomic E-state index is 11.6. The average molecular weight is 272 g/mol. The Balaban J connectivity index is 2.24. The van der Waals surface area contributed by atoms with Gasteiger partial charge in [0.2, 0.25) is 5.91 Å². The molecule has 0 unspecified atom stereocenters. The van der Waals surface area contributed by atoms with E-state index in [9.17, 15) is 4.79 Å². The highest BCUT2D eigenvalue weighted by molar-refractivity contribution is 5.80. The van der Waals surface area contributed by atoms with Crippen molar-refractivity contribution >= 4 is 5.91 Å². The number of hydrogen-bond acceptors (Lipinski definition) is 3. The van der Waals surface area contributed by atoms with Crippen molar-refractivity contribution in [3.63, 3.8) is 0 Å². The molecule has 1 aromatic heterocycles. The van der Waals surface area contributed by atoms with E-state index in [1.165, 1.54) is 0 Å². The number of carbonyl (C=O) groups is 1. The molecule has 20 heavy (non-hydrogen) atoms. The lowest BCUT2D eigenvalue weighted by Crippen LogP contribution is -2.38. The van der Waals surface area contributed by atoms with Gasteiger partial charge in [-0.2, -0.15) is 5.10 Å². The van der Waals surface area contributed by atoms with E-state index in [0.29, 0.717) is 6.54 Å². The number of aromatic nitrogens is 2. The van der Waals surface area contributed by atoms with Crippen molar-refractivity contribution in [1.82, 2.24) is 15.1 Å². The molecule has 0 fully saturated rings. The number of nitrogens with two attached hydrogens (primary N) is 1. The number of carbonyl (C=O) groups excluding carboxylic acids is 1. The molecule has 5 nitrogen and oxygen atoms in total. The second kappa shape index (κ2) is 5.88. The third-order valence-corrected chi connectivity index (χ3v) is 3.29. The average Bonchev–Trinajstić information content (AvgIpc) is 2.72. The number of hydrogen-bond donors (Lipinski definition) is 2. The van der Waals surface area contributed by atoms with Gasteiger partial charge < -0.3 is 11.1 Å². The van der Waals surface area contributed by atoms with E-state index in [4.69, 9.17) is 5.73 Å². The first-order valence-corrected chi connectivity index (χ1v) is 6.64. The third kappa shape index (κ3) is 2.88. The Morgan fingerprint density at radius 2 is 2.00 bits per heavy atom. The van der Waals surface area contributed by atoms with E-state index in [1.54, 1.807) is 6.92 Å². The predicted octanol–water partition coefficient (Wildman–Crippen LogP) is 1.45. The molecule has 3 N–H and O–H groups in total. The molecule has 5 heteroatoms. The van der Waals surface area contributed by atoms with Gasteiger partial charge in [0.05, 0.1) is 17.4 Å². The number of rotatable bonds is 4. The Morgan fingerprint density at radius 3 is 2.60 bits per heavy atom. The summed E-state index contributed by atoms with van der Waals surface area (Å²) < 4.78 is 1.89. The first kappa shape index (κ1) is 14.3. The Bertz CT molecular complexity index is 602. The molecule has 1 heterocycles. The molecule has 0 aliphatic rings. The number of benzene rings is 1. The normalized spacial score (nSPS) is 12.2. The monoisotopic (exact) mass is 272 g/mol. The van der Waals surface area contributed by atoms with Crippen LogP contribution in [0.2, 0.25) is 0 Å². The van der Waals surface area contributed by atoms with E-state index < -0.39 is 6.04 Å². The molecule has 0 aliphatic heterocycles. The molecule has 0 saturated heterocycles. The van der Waals surface area contributed by atoms with Crippen molar-refractivity contribution in [2.24, 2.45) is 5.73 Å². The summed E-state index contributed by atoms with van der Waals surface area (Å²) in [5, 5.41) is 7.36. The van der Waals surface area contributed by atoms with Crippen LogP contribution in [0.25, 0.3) is 5.69 Å². The SMILES string of the molecule is Cc1nn(-c2ccccc2)c(C)c1CNC(=O)[C@H](C)N. The van der Waals surface area contributed by atoms with Crippen LogP contribution < -0.4 is 11.1 Å². The van der Waals surface area contributed by atoms with Crippen molar-refractivity contribution in [1.29, 1.82) is 0 Å². The zero-order chi connectivity index (χ0) is 14.7. The van der Waals surface area contributed by atoms with Crippen LogP contribution in [0.5, 0.6) is 0 Å². The smallest absolute Gasteiger partial charge is 0.236 e. The second-order valence-corrected chi connectivity index (χ2v) is 4.90. The van der Waals surface area contributed by atoms with E-state index in [2.05, 4.69) is 10.4 Å². The molecule has 0 spiro atoms. The highest BCUT2D eigenvalue weighted by atomic mass is 16.2.